The van der Waals surface area contributed by atoms with E-state index in [0.29, 0.717) is 0 Å². The monoisotopic (exact) mass is 192 g/mol. The molecular weight excluding hydrogens is 184 g/mol. The van der Waals surface area contributed by atoms with E-state index in [1.165, 1.54) is 0 Å². The molecule has 1 N–H and O–H groups in total. The third-order valence-corrected chi connectivity index (χ3v) is 2.29. The van der Waals surface area contributed by atoms with Gasteiger partial charge in [0.25, 0.3) is 0 Å². The third kappa shape index (κ3) is 1.66. The Hall–Kier alpha value is 0.400. The molecule has 1 rings (SSSR count). The van der Waals surface area contributed by atoms with Gasteiger partial charge in [0, 0.05) is 4.83 Å². The zero-order valence-corrected chi connectivity index (χ0v) is 6.54. The van der Waals surface area contributed by atoms with Gasteiger partial charge in [0.15, 0.2) is 0 Å². The van der Waals surface area contributed by atoms with Crippen molar-refractivity contribution in [2.45, 2.75) is 23.5 Å². The Labute approximate surface area is 63.3 Å². The molecule has 0 spiro atoms. The highest BCUT2D eigenvalue weighted by molar-refractivity contribution is 9.09. The number of hydrogen-bond donors (Lipinski definition) is 1. The quantitative estimate of drug-likeness (QED) is 0.618. The molecule has 3 atom stereocenters. The molecule has 2 nitrogen and oxygen atoms in total. The van der Waals surface area contributed by atoms with Gasteiger partial charge in [-0.05, 0) is 13.3 Å². The summed E-state index contributed by atoms with van der Waals surface area (Å²) in [4.78, 5) is 0.203. The predicted molar refractivity (Wildman–Crippen MR) is 37.4 cm³/mol. The van der Waals surface area contributed by atoms with Crippen molar-refractivity contribution in [3.63, 3.8) is 0 Å². The van der Waals surface area contributed by atoms with Crippen LogP contribution < -0.4 is 0 Å². The van der Waals surface area contributed by atoms with Gasteiger partial charge in [0.2, 0.25) is 0 Å². The van der Waals surface area contributed by atoms with Crippen LogP contribution in [0.3, 0.4) is 0 Å². The van der Waals surface area contributed by atoms with Crippen LogP contribution in [-0.2, 0) is 4.74 Å². The second-order valence-electron chi connectivity index (χ2n) is 2.16. The minimum absolute atomic E-state index is 0.0653. The molecule has 1 heterocycles. The first-order chi connectivity index (χ1) is 4.24. The van der Waals surface area contributed by atoms with Gasteiger partial charge in [-0.15, -0.1) is 0 Å². The van der Waals surface area contributed by atoms with Gasteiger partial charge >= 0.3 is 0 Å². The summed E-state index contributed by atoms with van der Waals surface area (Å²) in [6.07, 6.45) is 0.490. The van der Waals surface area contributed by atoms with E-state index in [9.17, 15) is 0 Å². The molecule has 9 heavy (non-hydrogen) atoms. The van der Waals surface area contributed by atoms with Gasteiger partial charge in [0.1, 0.15) is 0 Å². The molecular formula is C6H9BrO2. The van der Waals surface area contributed by atoms with Crippen molar-refractivity contribution >= 4 is 15.9 Å². The second kappa shape index (κ2) is 2.99. The first-order valence-corrected chi connectivity index (χ1v) is 3.81. The van der Waals surface area contributed by atoms with Crippen LogP contribution in [0.15, 0.2) is 0 Å². The van der Waals surface area contributed by atoms with Crippen LogP contribution in [0.4, 0.5) is 0 Å². The van der Waals surface area contributed by atoms with Crippen LogP contribution in [0, 0.1) is 6.92 Å². The molecule has 0 aromatic carbocycles. The van der Waals surface area contributed by atoms with Gasteiger partial charge in [-0.1, -0.05) is 15.9 Å². The van der Waals surface area contributed by atoms with Crippen LogP contribution in [0.25, 0.3) is 0 Å². The lowest BCUT2D eigenvalue weighted by Crippen LogP contribution is -2.12. The largest absolute Gasteiger partial charge is 0.394 e. The fourth-order valence-corrected chi connectivity index (χ4v) is 1.41. The summed E-state index contributed by atoms with van der Waals surface area (Å²) in [5.41, 5.74) is 0. The van der Waals surface area contributed by atoms with E-state index in [1.54, 1.807) is 0 Å². The number of ether oxygens (including phenoxy) is 1. The lowest BCUT2D eigenvalue weighted by atomic mass is 10.2. The molecule has 0 aliphatic carbocycles. The second-order valence-corrected chi connectivity index (χ2v) is 3.33. The Morgan fingerprint density at radius 2 is 2.44 bits per heavy atom. The summed E-state index contributed by atoms with van der Waals surface area (Å²) >= 11 is 3.32. The van der Waals surface area contributed by atoms with Gasteiger partial charge in [0.05, 0.1) is 18.8 Å². The van der Waals surface area contributed by atoms with Crippen molar-refractivity contribution in [2.24, 2.45) is 0 Å². The predicted octanol–water partition coefficient (Wildman–Crippen LogP) is 0.611. The Kier molecular flexibility index (Phi) is 2.50. The number of halogens is 1. The van der Waals surface area contributed by atoms with E-state index in [1.807, 2.05) is 0 Å². The smallest absolute Gasteiger partial charge is 0.0821 e. The Morgan fingerprint density at radius 1 is 1.78 bits per heavy atom. The van der Waals surface area contributed by atoms with Gasteiger partial charge in [-0.25, -0.2) is 0 Å². The molecule has 2 radical (unpaired) electrons. The van der Waals surface area contributed by atoms with Crippen molar-refractivity contribution < 1.29 is 9.84 Å². The number of hydrogen-bond acceptors (Lipinski definition) is 2. The zero-order chi connectivity index (χ0) is 6.85. The highest BCUT2D eigenvalue weighted by atomic mass is 79.9. The lowest BCUT2D eigenvalue weighted by molar-refractivity contribution is 0.0306. The number of aliphatic hydroxyl groups excluding tert-OH is 1. The maximum Gasteiger partial charge on any atom is 0.0821 e. The molecule has 1 aliphatic rings. The summed E-state index contributed by atoms with van der Waals surface area (Å²) in [6, 6.07) is 0. The molecule has 3 heteroatoms. The number of aliphatic hydroxyl groups is 1. The van der Waals surface area contributed by atoms with Crippen LogP contribution in [-0.4, -0.2) is 28.7 Å². The Bertz CT molecular complexity index is 87.1. The highest BCUT2D eigenvalue weighted by Crippen LogP contribution is 2.25. The fraction of sp³-hybridized carbons (Fsp3) is 0.833. The van der Waals surface area contributed by atoms with E-state index >= 15 is 0 Å². The van der Waals surface area contributed by atoms with Crippen molar-refractivity contribution in [2.75, 3.05) is 6.61 Å². The minimum Gasteiger partial charge on any atom is -0.394 e. The fourth-order valence-electron chi connectivity index (χ4n) is 0.866. The maximum atomic E-state index is 8.60. The summed E-state index contributed by atoms with van der Waals surface area (Å²) in [6.45, 7) is 5.53. The molecule has 52 valence electrons. The van der Waals surface area contributed by atoms with Crippen LogP contribution in [0.2, 0.25) is 0 Å². The summed E-state index contributed by atoms with van der Waals surface area (Å²) in [5.74, 6) is 0. The summed E-state index contributed by atoms with van der Waals surface area (Å²) in [7, 11) is 0. The SMILES string of the molecule is [CH]C1O[C@H](CO)CC1Br. The van der Waals surface area contributed by atoms with Crippen LogP contribution in [0.5, 0.6) is 0 Å². The average Bonchev–Trinajstić information content (AvgIpc) is 2.13. The van der Waals surface area contributed by atoms with E-state index in [-0.39, 0.29) is 23.6 Å². The average molecular weight is 193 g/mol. The molecule has 0 bridgehead atoms. The number of rotatable bonds is 1. The maximum absolute atomic E-state index is 8.60. The summed E-state index contributed by atoms with van der Waals surface area (Å²) < 4.78 is 5.10. The van der Waals surface area contributed by atoms with E-state index in [0.717, 1.165) is 6.42 Å². The third-order valence-electron chi connectivity index (χ3n) is 1.40. The molecule has 1 fully saturated rings. The molecule has 1 aliphatic heterocycles. The molecule has 1 saturated heterocycles. The first kappa shape index (κ1) is 7.51. The van der Waals surface area contributed by atoms with Gasteiger partial charge in [-0.3, -0.25) is 0 Å². The van der Waals surface area contributed by atoms with Crippen LogP contribution in [0.1, 0.15) is 6.42 Å². The van der Waals surface area contributed by atoms with Crippen molar-refractivity contribution in [1.82, 2.24) is 0 Å². The topological polar surface area (TPSA) is 29.5 Å². The van der Waals surface area contributed by atoms with E-state index < -0.39 is 0 Å². The highest BCUT2D eigenvalue weighted by Gasteiger charge is 2.29. The minimum atomic E-state index is -0.248. The molecule has 0 saturated carbocycles. The Balaban J connectivity index is 2.35. The normalized spacial score (nSPS) is 43.7. The standard InChI is InChI=1S/C6H9BrO2/c1-4-6(7)2-5(3-8)9-4/h1,4-6,8H,2-3H2/t4?,5-,6?/m0/s1. The van der Waals surface area contributed by atoms with Crippen molar-refractivity contribution in [3.05, 3.63) is 6.92 Å². The first-order valence-electron chi connectivity index (χ1n) is 2.90. The van der Waals surface area contributed by atoms with E-state index in [4.69, 9.17) is 16.8 Å². The van der Waals surface area contributed by atoms with Crippen molar-refractivity contribution in [1.29, 1.82) is 0 Å². The van der Waals surface area contributed by atoms with E-state index in [2.05, 4.69) is 15.9 Å². The molecule has 2 unspecified atom stereocenters. The van der Waals surface area contributed by atoms with Crippen molar-refractivity contribution in [3.8, 4) is 0 Å². The van der Waals surface area contributed by atoms with Crippen LogP contribution >= 0.6 is 15.9 Å². The lowest BCUT2D eigenvalue weighted by Gasteiger charge is -2.05. The number of alkyl halides is 1. The van der Waals surface area contributed by atoms with Gasteiger partial charge in [-0.2, -0.15) is 0 Å². The Morgan fingerprint density at radius 3 is 2.67 bits per heavy atom. The molecule has 0 aromatic heterocycles. The van der Waals surface area contributed by atoms with Gasteiger partial charge < -0.3 is 9.84 Å². The molecule has 0 aromatic rings. The zero-order valence-electron chi connectivity index (χ0n) is 4.96. The molecule has 0 amide bonds. The summed E-state index contributed by atoms with van der Waals surface area (Å²) in [5, 5.41) is 8.60.